The summed E-state index contributed by atoms with van der Waals surface area (Å²) < 4.78 is 38.3. The fourth-order valence-corrected chi connectivity index (χ4v) is 3.24. The number of hydrogen-bond donors (Lipinski definition) is 1. The summed E-state index contributed by atoms with van der Waals surface area (Å²) in [7, 11) is -3.73. The number of carbonyl (C=O) groups excluding carboxylic acids is 1. The van der Waals surface area contributed by atoms with Crippen LogP contribution in [0.4, 0.5) is 10.1 Å². The van der Waals surface area contributed by atoms with Gasteiger partial charge in [0.2, 0.25) is 15.9 Å². The van der Waals surface area contributed by atoms with Crippen molar-refractivity contribution in [2.45, 2.75) is 19.9 Å². The molecule has 1 N–H and O–H groups in total. The van der Waals surface area contributed by atoms with Gasteiger partial charge in [0, 0.05) is 0 Å². The summed E-state index contributed by atoms with van der Waals surface area (Å²) in [6.07, 6.45) is 0.981. The van der Waals surface area contributed by atoms with Gasteiger partial charge in [0.1, 0.15) is 12.4 Å². The number of hydrogen-bond acceptors (Lipinski definition) is 3. The summed E-state index contributed by atoms with van der Waals surface area (Å²) in [5.74, 6) is -1.04. The first-order valence-corrected chi connectivity index (χ1v) is 9.61. The van der Waals surface area contributed by atoms with Gasteiger partial charge in [-0.15, -0.1) is 0 Å². The molecule has 0 fully saturated rings. The van der Waals surface area contributed by atoms with Crippen molar-refractivity contribution >= 4 is 21.6 Å². The molecule has 0 bridgehead atoms. The largest absolute Gasteiger partial charge is 0.348 e. The average molecular weight is 364 g/mol. The van der Waals surface area contributed by atoms with Crippen molar-refractivity contribution in [2.24, 2.45) is 0 Å². The molecule has 0 spiro atoms. The molecule has 0 aliphatic carbocycles. The molecule has 0 saturated carbocycles. The van der Waals surface area contributed by atoms with Crippen LogP contribution in [0.2, 0.25) is 0 Å². The molecular weight excluding hydrogens is 343 g/mol. The van der Waals surface area contributed by atoms with Gasteiger partial charge < -0.3 is 5.32 Å². The van der Waals surface area contributed by atoms with Crippen LogP contribution in [0.1, 0.15) is 24.1 Å². The number of sulfonamides is 1. The Balaban J connectivity index is 2.13. The van der Waals surface area contributed by atoms with Crippen molar-refractivity contribution < 1.29 is 17.6 Å². The molecule has 25 heavy (non-hydrogen) atoms. The number of halogens is 1. The number of benzene rings is 2. The molecule has 0 aliphatic heterocycles. The van der Waals surface area contributed by atoms with E-state index in [0.717, 1.165) is 27.8 Å². The van der Waals surface area contributed by atoms with E-state index in [0.29, 0.717) is 0 Å². The molecule has 1 amide bonds. The number of aryl methyl sites for hydroxylation is 1. The van der Waals surface area contributed by atoms with Gasteiger partial charge in [-0.25, -0.2) is 12.8 Å². The molecule has 1 atom stereocenters. The van der Waals surface area contributed by atoms with Crippen LogP contribution in [0.3, 0.4) is 0 Å². The summed E-state index contributed by atoms with van der Waals surface area (Å²) in [5.41, 5.74) is 2.13. The summed E-state index contributed by atoms with van der Waals surface area (Å²) >= 11 is 0. The summed E-state index contributed by atoms with van der Waals surface area (Å²) in [6, 6.07) is 12.5. The zero-order valence-corrected chi connectivity index (χ0v) is 15.2. The molecule has 0 saturated heterocycles. The number of carbonyl (C=O) groups is 1. The predicted molar refractivity (Wildman–Crippen MR) is 96.3 cm³/mol. The smallest absolute Gasteiger partial charge is 0.241 e. The van der Waals surface area contributed by atoms with Crippen molar-refractivity contribution in [3.63, 3.8) is 0 Å². The average Bonchev–Trinajstić information content (AvgIpc) is 2.52. The maximum Gasteiger partial charge on any atom is 0.241 e. The van der Waals surface area contributed by atoms with Gasteiger partial charge in [-0.1, -0.05) is 35.9 Å². The van der Waals surface area contributed by atoms with Crippen molar-refractivity contribution in [1.29, 1.82) is 0 Å². The fourth-order valence-electron chi connectivity index (χ4n) is 2.39. The third-order valence-electron chi connectivity index (χ3n) is 3.74. The molecule has 2 rings (SSSR count). The SMILES string of the molecule is Cc1ccc([C@H](C)NC(=O)CN(c2cccc(F)c2)S(C)(=O)=O)cc1. The standard InChI is InChI=1S/C18H21FN2O3S/c1-13-7-9-15(10-8-13)14(2)20-18(22)12-21(25(3,23)24)17-6-4-5-16(19)11-17/h4-11,14H,12H2,1-3H3,(H,20,22)/t14-/m0/s1. The molecule has 0 heterocycles. The van der Waals surface area contributed by atoms with Crippen LogP contribution >= 0.6 is 0 Å². The van der Waals surface area contributed by atoms with E-state index in [-0.39, 0.29) is 11.7 Å². The number of anilines is 1. The Hall–Kier alpha value is -2.41. The lowest BCUT2D eigenvalue weighted by Crippen LogP contribution is -2.41. The third kappa shape index (κ3) is 5.29. The highest BCUT2D eigenvalue weighted by Gasteiger charge is 2.22. The van der Waals surface area contributed by atoms with E-state index in [2.05, 4.69) is 5.32 Å². The van der Waals surface area contributed by atoms with Crippen molar-refractivity contribution in [2.75, 3.05) is 17.1 Å². The Morgan fingerprint density at radius 2 is 1.84 bits per heavy atom. The lowest BCUT2D eigenvalue weighted by Gasteiger charge is -2.23. The van der Waals surface area contributed by atoms with Crippen LogP contribution < -0.4 is 9.62 Å². The van der Waals surface area contributed by atoms with Crippen molar-refractivity contribution in [1.82, 2.24) is 5.32 Å². The zero-order valence-electron chi connectivity index (χ0n) is 14.4. The Morgan fingerprint density at radius 1 is 1.20 bits per heavy atom. The third-order valence-corrected chi connectivity index (χ3v) is 4.88. The van der Waals surface area contributed by atoms with Gasteiger partial charge in [0.25, 0.3) is 0 Å². The second-order valence-electron chi connectivity index (χ2n) is 5.95. The molecule has 0 aliphatic rings. The molecule has 2 aromatic carbocycles. The summed E-state index contributed by atoms with van der Waals surface area (Å²) in [6.45, 7) is 3.37. The summed E-state index contributed by atoms with van der Waals surface area (Å²) in [4.78, 5) is 12.3. The number of amides is 1. The van der Waals surface area contributed by atoms with Gasteiger partial charge in [-0.3, -0.25) is 9.10 Å². The van der Waals surface area contributed by atoms with Gasteiger partial charge >= 0.3 is 0 Å². The van der Waals surface area contributed by atoms with Gasteiger partial charge in [0.05, 0.1) is 18.0 Å². The first-order valence-electron chi connectivity index (χ1n) is 7.76. The van der Waals surface area contributed by atoms with Crippen LogP contribution in [-0.4, -0.2) is 27.1 Å². The molecule has 5 nitrogen and oxygen atoms in total. The van der Waals surface area contributed by atoms with E-state index in [1.807, 2.05) is 38.1 Å². The number of nitrogens with zero attached hydrogens (tertiary/aromatic N) is 1. The van der Waals surface area contributed by atoms with E-state index in [9.17, 15) is 17.6 Å². The molecular formula is C18H21FN2O3S. The van der Waals surface area contributed by atoms with E-state index >= 15 is 0 Å². The highest BCUT2D eigenvalue weighted by atomic mass is 32.2. The van der Waals surface area contributed by atoms with E-state index < -0.39 is 28.3 Å². The first-order chi connectivity index (χ1) is 11.7. The molecule has 7 heteroatoms. The topological polar surface area (TPSA) is 66.5 Å². The van der Waals surface area contributed by atoms with Gasteiger partial charge in [-0.2, -0.15) is 0 Å². The van der Waals surface area contributed by atoms with Crippen LogP contribution in [0.5, 0.6) is 0 Å². The van der Waals surface area contributed by atoms with Crippen LogP contribution in [0.15, 0.2) is 48.5 Å². The van der Waals surface area contributed by atoms with E-state index in [4.69, 9.17) is 0 Å². The van der Waals surface area contributed by atoms with E-state index in [1.165, 1.54) is 18.2 Å². The second-order valence-corrected chi connectivity index (χ2v) is 7.86. The molecule has 134 valence electrons. The molecule has 0 aromatic heterocycles. The van der Waals surface area contributed by atoms with E-state index in [1.54, 1.807) is 0 Å². The lowest BCUT2D eigenvalue weighted by molar-refractivity contribution is -0.120. The van der Waals surface area contributed by atoms with Gasteiger partial charge in [0.15, 0.2) is 0 Å². The fraction of sp³-hybridized carbons (Fsp3) is 0.278. The predicted octanol–water partition coefficient (Wildman–Crippen LogP) is 2.78. The zero-order chi connectivity index (χ0) is 18.6. The number of nitrogens with one attached hydrogen (secondary N) is 1. The minimum absolute atomic E-state index is 0.112. The Kier molecular flexibility index (Phi) is 5.79. The normalized spacial score (nSPS) is 12.5. The Morgan fingerprint density at radius 3 is 2.40 bits per heavy atom. The van der Waals surface area contributed by atoms with Crippen LogP contribution in [-0.2, 0) is 14.8 Å². The molecule has 0 radical (unpaired) electrons. The monoisotopic (exact) mass is 364 g/mol. The minimum atomic E-state index is -3.73. The number of rotatable bonds is 6. The minimum Gasteiger partial charge on any atom is -0.348 e. The van der Waals surface area contributed by atoms with Crippen LogP contribution in [0, 0.1) is 12.7 Å². The Bertz CT molecular complexity index is 851. The van der Waals surface area contributed by atoms with Crippen molar-refractivity contribution in [3.8, 4) is 0 Å². The molecule has 0 unspecified atom stereocenters. The molecule has 2 aromatic rings. The van der Waals surface area contributed by atoms with Crippen molar-refractivity contribution in [3.05, 3.63) is 65.5 Å². The Labute approximate surface area is 147 Å². The highest BCUT2D eigenvalue weighted by molar-refractivity contribution is 7.92. The maximum atomic E-state index is 13.4. The first kappa shape index (κ1) is 18.9. The quantitative estimate of drug-likeness (QED) is 0.857. The second kappa shape index (κ2) is 7.65. The van der Waals surface area contributed by atoms with Gasteiger partial charge in [-0.05, 0) is 37.6 Å². The highest BCUT2D eigenvalue weighted by Crippen LogP contribution is 2.19. The van der Waals surface area contributed by atoms with Crippen LogP contribution in [0.25, 0.3) is 0 Å². The lowest BCUT2D eigenvalue weighted by atomic mass is 10.1. The maximum absolute atomic E-state index is 13.4. The summed E-state index contributed by atoms with van der Waals surface area (Å²) in [5, 5.41) is 2.76.